The van der Waals surface area contributed by atoms with Gasteiger partial charge in [-0.05, 0) is 50.6 Å². The number of hydrogen-bond acceptors (Lipinski definition) is 2. The zero-order chi connectivity index (χ0) is 16.1. The second-order valence-electron chi connectivity index (χ2n) is 5.85. The van der Waals surface area contributed by atoms with Gasteiger partial charge in [0.1, 0.15) is 5.82 Å². The van der Waals surface area contributed by atoms with Gasteiger partial charge in [-0.25, -0.2) is 9.18 Å². The second-order valence-corrected chi connectivity index (χ2v) is 6.26. The molecule has 0 aliphatic carbocycles. The minimum Gasteiger partial charge on any atom is -0.334 e. The van der Waals surface area contributed by atoms with Crippen LogP contribution >= 0.6 is 11.6 Å². The van der Waals surface area contributed by atoms with E-state index in [0.717, 1.165) is 26.1 Å². The first kappa shape index (κ1) is 17.0. The number of benzene rings is 1. The van der Waals surface area contributed by atoms with E-state index in [4.69, 9.17) is 11.6 Å². The van der Waals surface area contributed by atoms with Crippen LogP contribution in [0.5, 0.6) is 0 Å². The van der Waals surface area contributed by atoms with E-state index in [1.54, 1.807) is 6.07 Å². The summed E-state index contributed by atoms with van der Waals surface area (Å²) in [6.07, 6.45) is 1.13. The van der Waals surface area contributed by atoms with Crippen LogP contribution < -0.4 is 5.32 Å². The van der Waals surface area contributed by atoms with Crippen LogP contribution in [0.3, 0.4) is 0 Å². The summed E-state index contributed by atoms with van der Waals surface area (Å²) in [4.78, 5) is 16.4. The highest BCUT2D eigenvalue weighted by atomic mass is 35.5. The van der Waals surface area contributed by atoms with Crippen molar-refractivity contribution in [2.24, 2.45) is 5.92 Å². The molecule has 0 unspecified atom stereocenters. The second kappa shape index (κ2) is 7.79. The van der Waals surface area contributed by atoms with Crippen molar-refractivity contribution in [2.45, 2.75) is 19.9 Å². The molecule has 122 valence electrons. The van der Waals surface area contributed by atoms with Gasteiger partial charge < -0.3 is 15.1 Å². The summed E-state index contributed by atoms with van der Waals surface area (Å²) in [5.41, 5.74) is 0.716. The molecule has 1 aromatic carbocycles. The van der Waals surface area contributed by atoms with Crippen molar-refractivity contribution in [2.75, 3.05) is 33.2 Å². The van der Waals surface area contributed by atoms with E-state index in [0.29, 0.717) is 29.6 Å². The predicted molar refractivity (Wildman–Crippen MR) is 86.5 cm³/mol. The molecule has 1 aliphatic rings. The Labute approximate surface area is 136 Å². The van der Waals surface area contributed by atoms with Crippen LogP contribution in [-0.4, -0.2) is 49.1 Å². The van der Waals surface area contributed by atoms with E-state index in [2.05, 4.69) is 17.3 Å². The first-order valence-electron chi connectivity index (χ1n) is 7.64. The highest BCUT2D eigenvalue weighted by Crippen LogP contribution is 2.18. The fourth-order valence-corrected chi connectivity index (χ4v) is 3.02. The van der Waals surface area contributed by atoms with E-state index in [1.165, 1.54) is 12.1 Å². The van der Waals surface area contributed by atoms with Gasteiger partial charge >= 0.3 is 6.03 Å². The number of nitrogens with one attached hydrogen (secondary N) is 1. The summed E-state index contributed by atoms with van der Waals surface area (Å²) in [6.45, 7) is 5.84. The van der Waals surface area contributed by atoms with E-state index < -0.39 is 0 Å². The third kappa shape index (κ3) is 4.58. The first-order chi connectivity index (χ1) is 10.5. The van der Waals surface area contributed by atoms with Crippen LogP contribution in [0.4, 0.5) is 9.18 Å². The van der Waals surface area contributed by atoms with Crippen LogP contribution in [0, 0.1) is 11.7 Å². The van der Waals surface area contributed by atoms with E-state index in [1.807, 2.05) is 11.8 Å². The fourth-order valence-electron chi connectivity index (χ4n) is 2.79. The van der Waals surface area contributed by atoms with Crippen LogP contribution in [0.25, 0.3) is 0 Å². The van der Waals surface area contributed by atoms with Gasteiger partial charge in [-0.2, -0.15) is 0 Å². The summed E-state index contributed by atoms with van der Waals surface area (Å²) >= 11 is 5.97. The van der Waals surface area contributed by atoms with Crippen LogP contribution in [-0.2, 0) is 6.54 Å². The zero-order valence-corrected chi connectivity index (χ0v) is 13.9. The molecule has 6 heteroatoms. The number of rotatable bonds is 5. The number of carbonyl (C=O) groups is 1. The van der Waals surface area contributed by atoms with E-state index in [-0.39, 0.29) is 11.8 Å². The van der Waals surface area contributed by atoms with Gasteiger partial charge in [0.2, 0.25) is 0 Å². The lowest BCUT2D eigenvalue weighted by atomic mass is 10.1. The van der Waals surface area contributed by atoms with Crippen molar-refractivity contribution >= 4 is 17.6 Å². The largest absolute Gasteiger partial charge is 0.334 e. The number of urea groups is 1. The number of likely N-dealkylation sites (tertiary alicyclic amines) is 1. The van der Waals surface area contributed by atoms with Crippen molar-refractivity contribution in [1.29, 1.82) is 0 Å². The molecule has 4 nitrogen and oxygen atoms in total. The lowest BCUT2D eigenvalue weighted by Gasteiger charge is -2.24. The van der Waals surface area contributed by atoms with Crippen molar-refractivity contribution < 1.29 is 9.18 Å². The Morgan fingerprint density at radius 3 is 2.91 bits per heavy atom. The lowest BCUT2D eigenvalue weighted by molar-refractivity contribution is 0.190. The summed E-state index contributed by atoms with van der Waals surface area (Å²) in [5, 5.41) is 3.20. The third-order valence-electron chi connectivity index (χ3n) is 4.08. The van der Waals surface area contributed by atoms with Gasteiger partial charge in [0.05, 0.1) is 0 Å². The average molecular weight is 328 g/mol. The standard InChI is InChI=1S/C16H23ClFN3O/c1-3-21(11-12-6-7-20(2)10-12)16(22)19-9-13-4-5-14(18)8-15(13)17/h4-5,8,12H,3,6-7,9-11H2,1-2H3,(H,19,22)/t12-/m0/s1. The van der Waals surface area contributed by atoms with Crippen molar-refractivity contribution in [3.63, 3.8) is 0 Å². The molecule has 1 fully saturated rings. The van der Waals surface area contributed by atoms with Gasteiger partial charge in [0.15, 0.2) is 0 Å². The number of carbonyl (C=O) groups excluding carboxylic acids is 1. The molecule has 0 bridgehead atoms. The van der Waals surface area contributed by atoms with Crippen LogP contribution in [0.15, 0.2) is 18.2 Å². The third-order valence-corrected chi connectivity index (χ3v) is 4.43. The molecule has 0 radical (unpaired) electrons. The molecule has 0 saturated carbocycles. The summed E-state index contributed by atoms with van der Waals surface area (Å²) < 4.78 is 13.0. The summed E-state index contributed by atoms with van der Waals surface area (Å²) in [7, 11) is 2.10. The molecular weight excluding hydrogens is 305 g/mol. The molecule has 0 aromatic heterocycles. The first-order valence-corrected chi connectivity index (χ1v) is 8.02. The average Bonchev–Trinajstić information content (AvgIpc) is 2.89. The lowest BCUT2D eigenvalue weighted by Crippen LogP contribution is -2.42. The Bertz CT molecular complexity index is 526. The van der Waals surface area contributed by atoms with Gasteiger partial charge in [-0.15, -0.1) is 0 Å². The molecule has 2 amide bonds. The monoisotopic (exact) mass is 327 g/mol. The smallest absolute Gasteiger partial charge is 0.317 e. The van der Waals surface area contributed by atoms with Gasteiger partial charge in [0.25, 0.3) is 0 Å². The Kier molecular flexibility index (Phi) is 6.03. The van der Waals surface area contributed by atoms with E-state index >= 15 is 0 Å². The molecule has 2 rings (SSSR count). The summed E-state index contributed by atoms with van der Waals surface area (Å²) in [5.74, 6) is 0.158. The van der Waals surface area contributed by atoms with Crippen molar-refractivity contribution in [1.82, 2.24) is 15.1 Å². The van der Waals surface area contributed by atoms with E-state index in [9.17, 15) is 9.18 Å². The predicted octanol–water partition coefficient (Wildman–Crippen LogP) is 2.96. The van der Waals surface area contributed by atoms with Gasteiger partial charge in [-0.3, -0.25) is 0 Å². The maximum absolute atomic E-state index is 13.0. The molecule has 1 saturated heterocycles. The van der Waals surface area contributed by atoms with Crippen molar-refractivity contribution in [3.05, 3.63) is 34.6 Å². The number of nitrogens with zero attached hydrogens (tertiary/aromatic N) is 2. The van der Waals surface area contributed by atoms with Gasteiger partial charge in [0, 0.05) is 31.2 Å². The Morgan fingerprint density at radius 1 is 1.55 bits per heavy atom. The van der Waals surface area contributed by atoms with Crippen LogP contribution in [0.2, 0.25) is 5.02 Å². The maximum Gasteiger partial charge on any atom is 0.317 e. The van der Waals surface area contributed by atoms with Crippen LogP contribution in [0.1, 0.15) is 18.9 Å². The highest BCUT2D eigenvalue weighted by Gasteiger charge is 2.23. The molecule has 22 heavy (non-hydrogen) atoms. The summed E-state index contributed by atoms with van der Waals surface area (Å²) in [6, 6.07) is 4.10. The fraction of sp³-hybridized carbons (Fsp3) is 0.562. The zero-order valence-electron chi connectivity index (χ0n) is 13.1. The quantitative estimate of drug-likeness (QED) is 0.902. The number of amides is 2. The molecule has 0 spiro atoms. The Hall–Kier alpha value is -1.33. The molecule has 1 heterocycles. The molecule has 1 N–H and O–H groups in total. The Morgan fingerprint density at radius 2 is 2.32 bits per heavy atom. The Balaban J connectivity index is 1.86. The molecule has 1 atom stereocenters. The minimum atomic E-state index is -0.374. The number of hydrogen-bond donors (Lipinski definition) is 1. The maximum atomic E-state index is 13.0. The normalized spacial score (nSPS) is 18.5. The molecule has 1 aliphatic heterocycles. The van der Waals surface area contributed by atoms with Crippen molar-refractivity contribution in [3.8, 4) is 0 Å². The molecular formula is C16H23ClFN3O. The number of halogens is 2. The minimum absolute atomic E-state index is 0.0996. The van der Waals surface area contributed by atoms with Gasteiger partial charge in [-0.1, -0.05) is 17.7 Å². The molecule has 1 aromatic rings. The topological polar surface area (TPSA) is 35.6 Å². The highest BCUT2D eigenvalue weighted by molar-refractivity contribution is 6.31. The SMILES string of the molecule is CCN(C[C@H]1CCN(C)C1)C(=O)NCc1ccc(F)cc1Cl.